The molecule has 152 valence electrons. The summed E-state index contributed by atoms with van der Waals surface area (Å²) in [5.41, 5.74) is 3.55. The van der Waals surface area contributed by atoms with Gasteiger partial charge in [0, 0.05) is 49.4 Å². The number of ether oxygens (including phenoxy) is 1. The van der Waals surface area contributed by atoms with Crippen LogP contribution in [0.25, 0.3) is 0 Å². The van der Waals surface area contributed by atoms with Crippen LogP contribution < -0.4 is 5.32 Å². The van der Waals surface area contributed by atoms with Crippen LogP contribution in [0.3, 0.4) is 0 Å². The molecule has 0 unspecified atom stereocenters. The van der Waals surface area contributed by atoms with Crippen LogP contribution in [0.2, 0.25) is 0 Å². The number of amides is 1. The minimum atomic E-state index is -0.289. The lowest BCUT2D eigenvalue weighted by molar-refractivity contribution is 0.0485. The van der Waals surface area contributed by atoms with Gasteiger partial charge in [0.2, 0.25) is 5.95 Å². The summed E-state index contributed by atoms with van der Waals surface area (Å²) < 4.78 is 5.89. The Hall–Kier alpha value is -3.32. The maximum absolute atomic E-state index is 12.9. The molecular weight excluding hydrogens is 378 g/mol. The fourth-order valence-electron chi connectivity index (χ4n) is 4.29. The van der Waals surface area contributed by atoms with Gasteiger partial charge in [0.05, 0.1) is 24.3 Å². The molecule has 0 radical (unpaired) electrons. The van der Waals surface area contributed by atoms with Crippen molar-refractivity contribution in [2.75, 3.05) is 25.0 Å². The van der Waals surface area contributed by atoms with E-state index >= 15 is 0 Å². The molecule has 3 aromatic rings. The summed E-state index contributed by atoms with van der Waals surface area (Å²) in [5, 5.41) is 3.33. The maximum atomic E-state index is 12.9. The monoisotopic (exact) mass is 401 g/mol. The van der Waals surface area contributed by atoms with Gasteiger partial charge in [-0.3, -0.25) is 9.78 Å². The summed E-state index contributed by atoms with van der Waals surface area (Å²) in [6.45, 7) is 3.01. The Morgan fingerprint density at radius 1 is 1.17 bits per heavy atom. The first-order chi connectivity index (χ1) is 14.7. The lowest BCUT2D eigenvalue weighted by atomic mass is 9.80. The zero-order valence-corrected chi connectivity index (χ0v) is 16.6. The predicted molar refractivity (Wildman–Crippen MR) is 112 cm³/mol. The molecule has 2 aliphatic rings. The van der Waals surface area contributed by atoms with E-state index in [0.29, 0.717) is 44.4 Å². The lowest BCUT2D eigenvalue weighted by Crippen LogP contribution is -2.41. The first-order valence-electron chi connectivity index (χ1n) is 10.1. The first kappa shape index (κ1) is 18.7. The number of nitrogens with one attached hydrogen (secondary N) is 1. The molecule has 1 spiro atoms. The predicted octanol–water partition coefficient (Wildman–Crippen LogP) is 2.80. The minimum absolute atomic E-state index is 0.0258. The second-order valence-corrected chi connectivity index (χ2v) is 7.89. The van der Waals surface area contributed by atoms with Gasteiger partial charge in [-0.15, -0.1) is 0 Å². The number of anilines is 1. The van der Waals surface area contributed by atoms with E-state index in [1.165, 1.54) is 5.56 Å². The molecule has 1 fully saturated rings. The van der Waals surface area contributed by atoms with Crippen LogP contribution in [0, 0.1) is 0 Å². The third-order valence-corrected chi connectivity index (χ3v) is 5.86. The normalized spacial score (nSPS) is 20.2. The van der Waals surface area contributed by atoms with Crippen molar-refractivity contribution in [1.82, 2.24) is 19.9 Å². The van der Waals surface area contributed by atoms with Gasteiger partial charge >= 0.3 is 0 Å². The van der Waals surface area contributed by atoms with Gasteiger partial charge in [0.1, 0.15) is 0 Å². The van der Waals surface area contributed by atoms with Crippen molar-refractivity contribution in [2.45, 2.75) is 25.0 Å². The first-order valence-corrected chi connectivity index (χ1v) is 10.1. The second-order valence-electron chi connectivity index (χ2n) is 7.89. The van der Waals surface area contributed by atoms with Crippen molar-refractivity contribution in [2.24, 2.45) is 0 Å². The highest BCUT2D eigenvalue weighted by molar-refractivity contribution is 5.94. The number of benzene rings is 1. The molecule has 1 aromatic carbocycles. The van der Waals surface area contributed by atoms with Gasteiger partial charge in [-0.25, -0.2) is 9.97 Å². The second kappa shape index (κ2) is 7.84. The van der Waals surface area contributed by atoms with Gasteiger partial charge in [0.25, 0.3) is 5.91 Å². The molecule has 7 heteroatoms. The van der Waals surface area contributed by atoms with Crippen LogP contribution >= 0.6 is 0 Å². The number of hydrogen-bond donors (Lipinski definition) is 1. The van der Waals surface area contributed by atoms with Gasteiger partial charge in [0.15, 0.2) is 0 Å². The Kier molecular flexibility index (Phi) is 4.88. The highest BCUT2D eigenvalue weighted by Crippen LogP contribution is 2.39. The van der Waals surface area contributed by atoms with Crippen molar-refractivity contribution in [3.8, 4) is 0 Å². The van der Waals surface area contributed by atoms with Crippen LogP contribution in [-0.2, 0) is 23.3 Å². The highest BCUT2D eigenvalue weighted by Gasteiger charge is 2.46. The molecule has 0 aliphatic carbocycles. The molecule has 5 rings (SSSR count). The number of likely N-dealkylation sites (tertiary alicyclic amines) is 1. The van der Waals surface area contributed by atoms with E-state index in [4.69, 9.17) is 9.72 Å². The van der Waals surface area contributed by atoms with E-state index in [1.807, 2.05) is 29.3 Å². The molecule has 1 atom stereocenters. The minimum Gasteiger partial charge on any atom is -0.376 e. The van der Waals surface area contributed by atoms with E-state index in [1.54, 1.807) is 24.5 Å². The van der Waals surface area contributed by atoms with Crippen LogP contribution in [0.5, 0.6) is 0 Å². The standard InChI is InChI=1S/C23H23N5O2/c29-21(18-6-9-24-10-7-18)28-11-8-23(15-28)16-30-14-19-13-26-22(27-20(19)23)25-12-17-4-2-1-3-5-17/h1-7,9-10,13H,8,11-12,14-16H2,(H,25,26,27)/t23-/m1/s1. The molecule has 0 bridgehead atoms. The van der Waals surface area contributed by atoms with Crippen LogP contribution in [-0.4, -0.2) is 45.5 Å². The number of carbonyl (C=O) groups is 1. The molecule has 30 heavy (non-hydrogen) atoms. The van der Waals surface area contributed by atoms with E-state index in [0.717, 1.165) is 17.7 Å². The molecule has 7 nitrogen and oxygen atoms in total. The molecule has 2 aromatic heterocycles. The molecule has 4 heterocycles. The third-order valence-electron chi connectivity index (χ3n) is 5.86. The third kappa shape index (κ3) is 3.52. The number of rotatable bonds is 4. The Morgan fingerprint density at radius 2 is 2.00 bits per heavy atom. The van der Waals surface area contributed by atoms with E-state index in [9.17, 15) is 4.79 Å². The van der Waals surface area contributed by atoms with Crippen molar-refractivity contribution >= 4 is 11.9 Å². The van der Waals surface area contributed by atoms with Crippen LogP contribution in [0.15, 0.2) is 61.1 Å². The molecule has 1 amide bonds. The van der Waals surface area contributed by atoms with E-state index < -0.39 is 0 Å². The fourth-order valence-corrected chi connectivity index (χ4v) is 4.29. The number of aromatic nitrogens is 3. The zero-order valence-electron chi connectivity index (χ0n) is 16.6. The maximum Gasteiger partial charge on any atom is 0.253 e. The molecular formula is C23H23N5O2. The summed E-state index contributed by atoms with van der Waals surface area (Å²) in [5.74, 6) is 0.635. The fraction of sp³-hybridized carbons (Fsp3) is 0.304. The van der Waals surface area contributed by atoms with Crippen molar-refractivity contribution in [1.29, 1.82) is 0 Å². The highest BCUT2D eigenvalue weighted by atomic mass is 16.5. The summed E-state index contributed by atoms with van der Waals surface area (Å²) in [4.78, 5) is 28.2. The smallest absolute Gasteiger partial charge is 0.253 e. The van der Waals surface area contributed by atoms with Gasteiger partial charge in [-0.05, 0) is 24.1 Å². The number of pyridine rings is 1. The van der Waals surface area contributed by atoms with Gasteiger partial charge in [-0.2, -0.15) is 0 Å². The van der Waals surface area contributed by atoms with Crippen molar-refractivity contribution in [3.05, 3.63) is 83.4 Å². The Labute approximate surface area is 175 Å². The average molecular weight is 401 g/mol. The number of fused-ring (bicyclic) bond motifs is 2. The van der Waals surface area contributed by atoms with E-state index in [-0.39, 0.29) is 11.3 Å². The lowest BCUT2D eigenvalue weighted by Gasteiger charge is -2.34. The van der Waals surface area contributed by atoms with E-state index in [2.05, 4.69) is 27.4 Å². The molecule has 1 N–H and O–H groups in total. The van der Waals surface area contributed by atoms with Gasteiger partial charge < -0.3 is 15.0 Å². The summed E-state index contributed by atoms with van der Waals surface area (Å²) >= 11 is 0. The van der Waals surface area contributed by atoms with Crippen molar-refractivity contribution < 1.29 is 9.53 Å². The quantitative estimate of drug-likeness (QED) is 0.724. The summed E-state index contributed by atoms with van der Waals surface area (Å²) in [7, 11) is 0. The Bertz CT molecular complexity index is 1040. The van der Waals surface area contributed by atoms with Crippen molar-refractivity contribution in [3.63, 3.8) is 0 Å². The molecule has 2 aliphatic heterocycles. The topological polar surface area (TPSA) is 80.2 Å². The Balaban J connectivity index is 1.37. The number of hydrogen-bond acceptors (Lipinski definition) is 6. The molecule has 0 saturated carbocycles. The van der Waals surface area contributed by atoms with Crippen LogP contribution in [0.4, 0.5) is 5.95 Å². The Morgan fingerprint density at radius 3 is 2.83 bits per heavy atom. The van der Waals surface area contributed by atoms with Gasteiger partial charge in [-0.1, -0.05) is 30.3 Å². The molecule has 1 saturated heterocycles. The SMILES string of the molecule is O=C(c1ccncc1)N1CC[C@]2(COCc3cnc(NCc4ccccc4)nc32)C1. The summed E-state index contributed by atoms with van der Waals surface area (Å²) in [6.07, 6.45) is 5.97. The zero-order chi connectivity index (χ0) is 20.4. The largest absolute Gasteiger partial charge is 0.376 e. The van der Waals surface area contributed by atoms with Crippen LogP contribution in [0.1, 0.15) is 33.6 Å². The average Bonchev–Trinajstić information content (AvgIpc) is 3.23. The number of nitrogens with zero attached hydrogens (tertiary/aromatic N) is 4. The number of carbonyl (C=O) groups excluding carboxylic acids is 1. The summed E-state index contributed by atoms with van der Waals surface area (Å²) in [6, 6.07) is 13.7.